The molecule has 1 aliphatic heterocycles. The Hall–Kier alpha value is -0.780. The Kier molecular flexibility index (Phi) is 4.94. The van der Waals surface area contributed by atoms with Gasteiger partial charge in [0.05, 0.1) is 11.5 Å². The SMILES string of the molecule is CCNC(=NCC1(C)CCCC1)NC1CCS(=O)(=O)C1. The number of sulfone groups is 1. The van der Waals surface area contributed by atoms with Gasteiger partial charge in [0.15, 0.2) is 15.8 Å². The van der Waals surface area contributed by atoms with E-state index in [0.29, 0.717) is 17.6 Å². The number of nitrogens with zero attached hydrogens (tertiary/aromatic N) is 1. The summed E-state index contributed by atoms with van der Waals surface area (Å²) >= 11 is 0. The first-order valence-electron chi connectivity index (χ1n) is 7.68. The van der Waals surface area contributed by atoms with Crippen molar-refractivity contribution in [3.05, 3.63) is 0 Å². The molecule has 1 saturated carbocycles. The first kappa shape index (κ1) is 15.6. The number of hydrogen-bond donors (Lipinski definition) is 2. The summed E-state index contributed by atoms with van der Waals surface area (Å²) in [6, 6.07) is 0.00850. The third kappa shape index (κ3) is 4.36. The molecule has 5 nitrogen and oxygen atoms in total. The van der Waals surface area contributed by atoms with Crippen molar-refractivity contribution in [2.75, 3.05) is 24.6 Å². The Morgan fingerprint density at radius 2 is 2.05 bits per heavy atom. The van der Waals surface area contributed by atoms with E-state index in [9.17, 15) is 8.42 Å². The molecular formula is C14H27N3O2S. The minimum atomic E-state index is -2.84. The zero-order valence-electron chi connectivity index (χ0n) is 12.6. The highest BCUT2D eigenvalue weighted by Gasteiger charge is 2.30. The van der Waals surface area contributed by atoms with Crippen molar-refractivity contribution in [1.82, 2.24) is 10.6 Å². The van der Waals surface area contributed by atoms with Gasteiger partial charge >= 0.3 is 0 Å². The summed E-state index contributed by atoms with van der Waals surface area (Å²) in [5.74, 6) is 1.29. The topological polar surface area (TPSA) is 70.6 Å². The lowest BCUT2D eigenvalue weighted by molar-refractivity contribution is 0.350. The van der Waals surface area contributed by atoms with Crippen LogP contribution in [0.4, 0.5) is 0 Å². The Morgan fingerprint density at radius 1 is 1.35 bits per heavy atom. The largest absolute Gasteiger partial charge is 0.357 e. The van der Waals surface area contributed by atoms with Crippen LogP contribution in [-0.4, -0.2) is 45.0 Å². The molecule has 0 spiro atoms. The van der Waals surface area contributed by atoms with Crippen LogP contribution in [0, 0.1) is 5.41 Å². The van der Waals surface area contributed by atoms with Crippen LogP contribution in [0.2, 0.25) is 0 Å². The summed E-state index contributed by atoms with van der Waals surface area (Å²) in [5, 5.41) is 6.50. The second-order valence-corrected chi connectivity index (χ2v) is 8.69. The van der Waals surface area contributed by atoms with Crippen LogP contribution < -0.4 is 10.6 Å². The molecule has 1 aliphatic carbocycles. The van der Waals surface area contributed by atoms with E-state index in [1.165, 1.54) is 25.7 Å². The summed E-state index contributed by atoms with van der Waals surface area (Å²) in [5.41, 5.74) is 0.324. The first-order chi connectivity index (χ1) is 9.42. The number of rotatable bonds is 4. The second-order valence-electron chi connectivity index (χ2n) is 6.46. The van der Waals surface area contributed by atoms with E-state index in [4.69, 9.17) is 0 Å². The smallest absolute Gasteiger partial charge is 0.191 e. The summed E-state index contributed by atoms with van der Waals surface area (Å²) in [6.07, 6.45) is 5.78. The summed E-state index contributed by atoms with van der Waals surface area (Å²) in [6.45, 7) is 5.94. The van der Waals surface area contributed by atoms with E-state index in [1.54, 1.807) is 0 Å². The quantitative estimate of drug-likeness (QED) is 0.607. The highest BCUT2D eigenvalue weighted by atomic mass is 32.2. The monoisotopic (exact) mass is 301 g/mol. The van der Waals surface area contributed by atoms with Crippen molar-refractivity contribution < 1.29 is 8.42 Å². The number of nitrogens with one attached hydrogen (secondary N) is 2. The Labute approximate surface area is 122 Å². The summed E-state index contributed by atoms with van der Waals surface area (Å²) in [7, 11) is -2.84. The maximum Gasteiger partial charge on any atom is 0.191 e. The lowest BCUT2D eigenvalue weighted by Gasteiger charge is -2.22. The highest BCUT2D eigenvalue weighted by Crippen LogP contribution is 2.37. The van der Waals surface area contributed by atoms with Crippen LogP contribution in [0.25, 0.3) is 0 Å². The van der Waals surface area contributed by atoms with Crippen LogP contribution in [0.5, 0.6) is 0 Å². The van der Waals surface area contributed by atoms with Gasteiger partial charge < -0.3 is 10.6 Å². The molecule has 20 heavy (non-hydrogen) atoms. The average Bonchev–Trinajstić information content (AvgIpc) is 2.94. The molecular weight excluding hydrogens is 274 g/mol. The zero-order chi connectivity index (χ0) is 14.6. The molecule has 1 atom stereocenters. The van der Waals surface area contributed by atoms with Gasteiger partial charge in [-0.1, -0.05) is 19.8 Å². The van der Waals surface area contributed by atoms with Crippen molar-refractivity contribution in [3.8, 4) is 0 Å². The third-order valence-electron chi connectivity index (χ3n) is 4.35. The third-order valence-corrected chi connectivity index (χ3v) is 6.11. The van der Waals surface area contributed by atoms with E-state index in [2.05, 4.69) is 22.5 Å². The number of hydrogen-bond acceptors (Lipinski definition) is 3. The standard InChI is InChI=1S/C14H27N3O2S/c1-3-15-13(16-11-14(2)7-4-5-8-14)17-12-6-9-20(18,19)10-12/h12H,3-11H2,1-2H3,(H2,15,16,17). The van der Waals surface area contributed by atoms with Gasteiger partial charge in [0.1, 0.15) is 0 Å². The fraction of sp³-hybridized carbons (Fsp3) is 0.929. The van der Waals surface area contributed by atoms with Gasteiger partial charge in [-0.05, 0) is 31.6 Å². The molecule has 0 radical (unpaired) electrons. The Balaban J connectivity index is 1.92. The van der Waals surface area contributed by atoms with Gasteiger partial charge in [0, 0.05) is 19.1 Å². The maximum absolute atomic E-state index is 11.5. The molecule has 2 aliphatic rings. The highest BCUT2D eigenvalue weighted by molar-refractivity contribution is 7.91. The lowest BCUT2D eigenvalue weighted by atomic mass is 9.89. The van der Waals surface area contributed by atoms with Crippen LogP contribution in [0.15, 0.2) is 4.99 Å². The minimum Gasteiger partial charge on any atom is -0.357 e. The summed E-state index contributed by atoms with van der Waals surface area (Å²) in [4.78, 5) is 4.68. The van der Waals surface area contributed by atoms with Crippen molar-refractivity contribution in [1.29, 1.82) is 0 Å². The van der Waals surface area contributed by atoms with E-state index in [0.717, 1.165) is 19.0 Å². The summed E-state index contributed by atoms with van der Waals surface area (Å²) < 4.78 is 23.0. The minimum absolute atomic E-state index is 0.00850. The molecule has 6 heteroatoms. The maximum atomic E-state index is 11.5. The fourth-order valence-electron chi connectivity index (χ4n) is 3.08. The normalized spacial score (nSPS) is 28.5. The number of guanidine groups is 1. The van der Waals surface area contributed by atoms with Crippen molar-refractivity contribution in [2.45, 2.75) is 52.0 Å². The molecule has 2 fully saturated rings. The van der Waals surface area contributed by atoms with Crippen LogP contribution in [0.1, 0.15) is 46.0 Å². The molecule has 1 heterocycles. The molecule has 1 unspecified atom stereocenters. The predicted octanol–water partition coefficient (Wildman–Crippen LogP) is 1.31. The molecule has 2 rings (SSSR count). The van der Waals surface area contributed by atoms with Gasteiger partial charge in [-0.2, -0.15) is 0 Å². The van der Waals surface area contributed by atoms with Crippen LogP contribution >= 0.6 is 0 Å². The molecule has 0 amide bonds. The average molecular weight is 301 g/mol. The van der Waals surface area contributed by atoms with E-state index in [1.807, 2.05) is 6.92 Å². The van der Waals surface area contributed by atoms with Crippen molar-refractivity contribution >= 4 is 15.8 Å². The molecule has 2 N–H and O–H groups in total. The van der Waals surface area contributed by atoms with E-state index >= 15 is 0 Å². The molecule has 0 aromatic heterocycles. The van der Waals surface area contributed by atoms with Crippen LogP contribution in [-0.2, 0) is 9.84 Å². The molecule has 1 saturated heterocycles. The van der Waals surface area contributed by atoms with Gasteiger partial charge in [-0.15, -0.1) is 0 Å². The first-order valence-corrected chi connectivity index (χ1v) is 9.50. The molecule has 116 valence electrons. The molecule has 0 aromatic carbocycles. The Bertz CT molecular complexity index is 453. The zero-order valence-corrected chi connectivity index (χ0v) is 13.4. The predicted molar refractivity (Wildman–Crippen MR) is 82.7 cm³/mol. The van der Waals surface area contributed by atoms with Crippen molar-refractivity contribution in [2.24, 2.45) is 10.4 Å². The van der Waals surface area contributed by atoms with Gasteiger partial charge in [0.2, 0.25) is 0 Å². The van der Waals surface area contributed by atoms with Crippen LogP contribution in [0.3, 0.4) is 0 Å². The van der Waals surface area contributed by atoms with Gasteiger partial charge in [-0.3, -0.25) is 4.99 Å². The van der Waals surface area contributed by atoms with Gasteiger partial charge in [0.25, 0.3) is 0 Å². The molecule has 0 bridgehead atoms. The second kappa shape index (κ2) is 6.33. The Morgan fingerprint density at radius 3 is 2.60 bits per heavy atom. The lowest BCUT2D eigenvalue weighted by Crippen LogP contribution is -2.44. The van der Waals surface area contributed by atoms with Gasteiger partial charge in [-0.25, -0.2) is 8.42 Å². The van der Waals surface area contributed by atoms with Crippen molar-refractivity contribution in [3.63, 3.8) is 0 Å². The number of aliphatic imine (C=N–C) groups is 1. The molecule has 0 aromatic rings. The fourth-order valence-corrected chi connectivity index (χ4v) is 4.75. The van der Waals surface area contributed by atoms with E-state index < -0.39 is 9.84 Å². The van der Waals surface area contributed by atoms with E-state index in [-0.39, 0.29) is 11.8 Å².